The fourth-order valence-corrected chi connectivity index (χ4v) is 3.35. The van der Waals surface area contributed by atoms with Gasteiger partial charge < -0.3 is 24.3 Å². The van der Waals surface area contributed by atoms with Crippen molar-refractivity contribution < 1.29 is 18.8 Å². The quantitative estimate of drug-likeness (QED) is 0.774. The molecule has 9 heteroatoms. The molecule has 0 saturated carbocycles. The van der Waals surface area contributed by atoms with Gasteiger partial charge in [0.15, 0.2) is 0 Å². The molecule has 160 valence electrons. The fourth-order valence-electron chi connectivity index (χ4n) is 3.35. The predicted octanol–water partition coefficient (Wildman–Crippen LogP) is 2.27. The van der Waals surface area contributed by atoms with E-state index in [0.717, 1.165) is 24.8 Å². The van der Waals surface area contributed by atoms with Crippen LogP contribution in [0.3, 0.4) is 0 Å². The maximum atomic E-state index is 12.1. The molecule has 8 nitrogen and oxygen atoms in total. The molecule has 3 heterocycles. The van der Waals surface area contributed by atoms with E-state index in [2.05, 4.69) is 20.2 Å². The highest BCUT2D eigenvalue weighted by atomic mass is 16.7. The summed E-state index contributed by atoms with van der Waals surface area (Å²) in [6, 6.07) is 0.00461. The van der Waals surface area contributed by atoms with Crippen molar-refractivity contribution in [3.05, 3.63) is 12.4 Å². The molecule has 0 aromatic carbocycles. The molecule has 29 heavy (non-hydrogen) atoms. The molecule has 1 amide bonds. The van der Waals surface area contributed by atoms with Crippen molar-refractivity contribution >= 4 is 24.6 Å². The third-order valence-electron chi connectivity index (χ3n) is 5.61. The van der Waals surface area contributed by atoms with Crippen LogP contribution in [0, 0.1) is 0 Å². The number of carbonyl (C=O) groups excluding carboxylic acids is 1. The van der Waals surface area contributed by atoms with Gasteiger partial charge in [-0.2, -0.15) is 0 Å². The average molecular weight is 404 g/mol. The van der Waals surface area contributed by atoms with Crippen LogP contribution in [0.5, 0.6) is 0 Å². The minimum atomic E-state index is -0.509. The van der Waals surface area contributed by atoms with Gasteiger partial charge >= 0.3 is 13.2 Å². The molecule has 0 unspecified atom stereocenters. The van der Waals surface area contributed by atoms with Gasteiger partial charge in [-0.05, 0) is 61.3 Å². The first-order chi connectivity index (χ1) is 13.4. The molecule has 2 fully saturated rings. The topological polar surface area (TPSA) is 85.8 Å². The number of hydrogen-bond donors (Lipinski definition) is 1. The second-order valence-corrected chi connectivity index (χ2v) is 9.84. The lowest BCUT2D eigenvalue weighted by molar-refractivity contribution is 0.00578. The predicted molar refractivity (Wildman–Crippen MR) is 112 cm³/mol. The molecule has 2 aliphatic heterocycles. The Balaban J connectivity index is 1.61. The summed E-state index contributed by atoms with van der Waals surface area (Å²) in [5.74, 6) is 0.640. The van der Waals surface area contributed by atoms with E-state index in [1.807, 2.05) is 48.5 Å². The van der Waals surface area contributed by atoms with Crippen LogP contribution in [-0.4, -0.2) is 59.1 Å². The van der Waals surface area contributed by atoms with E-state index in [-0.39, 0.29) is 12.1 Å². The minimum Gasteiger partial charge on any atom is -0.444 e. The molecule has 1 aromatic heterocycles. The Bertz CT molecular complexity index is 717. The number of nitrogens with zero attached hydrogens (tertiary/aromatic N) is 3. The molecule has 2 saturated heterocycles. The van der Waals surface area contributed by atoms with Crippen LogP contribution in [0.4, 0.5) is 10.7 Å². The highest BCUT2D eigenvalue weighted by Gasteiger charge is 2.52. The summed E-state index contributed by atoms with van der Waals surface area (Å²) in [5.41, 5.74) is -0.508. The first-order valence-corrected chi connectivity index (χ1v) is 10.3. The summed E-state index contributed by atoms with van der Waals surface area (Å²) in [7, 11) is -0.475. The Morgan fingerprint density at radius 1 is 1.21 bits per heavy atom. The molecule has 1 aromatic rings. The molecule has 1 atom stereocenters. The zero-order valence-electron chi connectivity index (χ0n) is 18.6. The molecule has 1 N–H and O–H groups in total. The standard InChI is InChI=1S/C20H33BN4O4/c1-18(2,3)27-17(26)24-15-9-8-10-25(13-15)16-22-11-14(12-23-16)21-28-19(4,5)20(6,7)29-21/h11-12,15H,8-10,13H2,1-7H3,(H,24,26)/t15-/m0/s1. The third-order valence-corrected chi connectivity index (χ3v) is 5.61. The summed E-state index contributed by atoms with van der Waals surface area (Å²) in [5, 5.41) is 2.95. The molecule has 0 radical (unpaired) electrons. The summed E-state index contributed by atoms with van der Waals surface area (Å²) in [6.07, 6.45) is 4.98. The van der Waals surface area contributed by atoms with E-state index in [1.54, 1.807) is 12.4 Å². The number of carbonyl (C=O) groups is 1. The minimum absolute atomic E-state index is 0.00461. The molecule has 0 spiro atoms. The summed E-state index contributed by atoms with van der Waals surface area (Å²) in [4.78, 5) is 23.2. The zero-order valence-corrected chi connectivity index (χ0v) is 18.6. The highest BCUT2D eigenvalue weighted by Crippen LogP contribution is 2.36. The Morgan fingerprint density at radius 2 is 1.79 bits per heavy atom. The van der Waals surface area contributed by atoms with E-state index in [4.69, 9.17) is 14.0 Å². The Labute approximate surface area is 173 Å². The van der Waals surface area contributed by atoms with E-state index in [1.165, 1.54) is 0 Å². The maximum absolute atomic E-state index is 12.1. The van der Waals surface area contributed by atoms with Gasteiger partial charge in [-0.15, -0.1) is 0 Å². The van der Waals surface area contributed by atoms with Crippen LogP contribution in [0.25, 0.3) is 0 Å². The van der Waals surface area contributed by atoms with Crippen LogP contribution in [0.2, 0.25) is 0 Å². The Kier molecular flexibility index (Phi) is 5.84. The number of hydrogen-bond acceptors (Lipinski definition) is 7. The van der Waals surface area contributed by atoms with Crippen LogP contribution in [0.15, 0.2) is 12.4 Å². The van der Waals surface area contributed by atoms with Crippen LogP contribution < -0.4 is 15.7 Å². The van der Waals surface area contributed by atoms with Gasteiger partial charge in [0.1, 0.15) is 5.60 Å². The van der Waals surface area contributed by atoms with Crippen molar-refractivity contribution in [1.82, 2.24) is 15.3 Å². The van der Waals surface area contributed by atoms with E-state index in [9.17, 15) is 4.79 Å². The lowest BCUT2D eigenvalue weighted by Gasteiger charge is -2.33. The first-order valence-electron chi connectivity index (χ1n) is 10.3. The second kappa shape index (κ2) is 7.76. The Morgan fingerprint density at radius 3 is 2.34 bits per heavy atom. The molecule has 3 rings (SSSR count). The van der Waals surface area contributed by atoms with Crippen molar-refractivity contribution in [3.63, 3.8) is 0 Å². The molecule has 0 aliphatic carbocycles. The lowest BCUT2D eigenvalue weighted by atomic mass is 9.81. The monoisotopic (exact) mass is 404 g/mol. The van der Waals surface area contributed by atoms with Crippen LogP contribution in [0.1, 0.15) is 61.3 Å². The number of alkyl carbamates (subject to hydrolysis) is 1. The SMILES string of the molecule is CC(C)(C)OC(=O)N[C@H]1CCCN(c2ncc(B3OC(C)(C)C(C)(C)O3)cn2)C1. The average Bonchev–Trinajstić information content (AvgIpc) is 2.81. The fraction of sp³-hybridized carbons (Fsp3) is 0.750. The van der Waals surface area contributed by atoms with Crippen LogP contribution >= 0.6 is 0 Å². The zero-order chi connectivity index (χ0) is 21.4. The van der Waals surface area contributed by atoms with Gasteiger partial charge in [0.25, 0.3) is 0 Å². The van der Waals surface area contributed by atoms with Crippen molar-refractivity contribution in [2.45, 2.75) is 84.2 Å². The summed E-state index contributed by atoms with van der Waals surface area (Å²) < 4.78 is 17.5. The van der Waals surface area contributed by atoms with E-state index >= 15 is 0 Å². The highest BCUT2D eigenvalue weighted by molar-refractivity contribution is 6.61. The number of aromatic nitrogens is 2. The number of ether oxygens (including phenoxy) is 1. The largest absolute Gasteiger partial charge is 0.498 e. The molecule has 2 aliphatic rings. The third kappa shape index (κ3) is 5.19. The van der Waals surface area contributed by atoms with Crippen LogP contribution in [-0.2, 0) is 14.0 Å². The molecular weight excluding hydrogens is 371 g/mol. The van der Waals surface area contributed by atoms with E-state index < -0.39 is 23.9 Å². The van der Waals surface area contributed by atoms with Gasteiger partial charge in [0.2, 0.25) is 5.95 Å². The number of nitrogens with one attached hydrogen (secondary N) is 1. The van der Waals surface area contributed by atoms with Crippen molar-refractivity contribution in [2.75, 3.05) is 18.0 Å². The number of amides is 1. The van der Waals surface area contributed by atoms with Gasteiger partial charge in [-0.3, -0.25) is 0 Å². The summed E-state index contributed by atoms with van der Waals surface area (Å²) >= 11 is 0. The van der Waals surface area contributed by atoms with Crippen molar-refractivity contribution in [3.8, 4) is 0 Å². The number of piperidine rings is 1. The summed E-state index contributed by atoms with van der Waals surface area (Å²) in [6.45, 7) is 15.2. The van der Waals surface area contributed by atoms with Crippen molar-refractivity contribution in [1.29, 1.82) is 0 Å². The number of anilines is 1. The van der Waals surface area contributed by atoms with Gasteiger partial charge in [-0.1, -0.05) is 0 Å². The first kappa shape index (κ1) is 21.8. The van der Waals surface area contributed by atoms with Gasteiger partial charge in [0, 0.05) is 37.0 Å². The maximum Gasteiger partial charge on any atom is 0.498 e. The normalized spacial score (nSPS) is 23.8. The smallest absolute Gasteiger partial charge is 0.444 e. The van der Waals surface area contributed by atoms with Gasteiger partial charge in [0.05, 0.1) is 11.2 Å². The van der Waals surface area contributed by atoms with Gasteiger partial charge in [-0.25, -0.2) is 14.8 Å². The van der Waals surface area contributed by atoms with E-state index in [0.29, 0.717) is 12.5 Å². The number of rotatable bonds is 3. The second-order valence-electron chi connectivity index (χ2n) is 9.84. The molecular formula is C20H33BN4O4. The lowest BCUT2D eigenvalue weighted by Crippen LogP contribution is -2.49. The Hall–Kier alpha value is -1.87. The molecule has 0 bridgehead atoms. The van der Waals surface area contributed by atoms with Crippen molar-refractivity contribution in [2.24, 2.45) is 0 Å².